The minimum atomic E-state index is -5.53. The number of aromatic nitrogens is 2. The molecular formula is C15H23BrN2O16P2. The van der Waals surface area contributed by atoms with Gasteiger partial charge in [-0.25, -0.2) is 13.9 Å². The smallest absolute Gasteiger partial charge is 0.388 e. The summed E-state index contributed by atoms with van der Waals surface area (Å²) in [5, 5.41) is 49.7. The average molecular weight is 629 g/mol. The number of hydrogen-bond donors (Lipinski definition) is 8. The van der Waals surface area contributed by atoms with E-state index in [0.29, 0.717) is 0 Å². The van der Waals surface area contributed by atoms with Crippen molar-refractivity contribution >= 4 is 31.6 Å². The number of halogens is 1. The van der Waals surface area contributed by atoms with Gasteiger partial charge in [-0.3, -0.25) is 23.4 Å². The summed E-state index contributed by atoms with van der Waals surface area (Å²) >= 11 is 2.96. The predicted octanol–water partition coefficient (Wildman–Crippen LogP) is -3.39. The van der Waals surface area contributed by atoms with E-state index in [1.165, 1.54) is 0 Å². The second kappa shape index (κ2) is 11.5. The summed E-state index contributed by atoms with van der Waals surface area (Å²) in [6.45, 7) is -1.00. The molecule has 0 radical (unpaired) electrons. The second-order valence-electron chi connectivity index (χ2n) is 7.65. The van der Waals surface area contributed by atoms with Crippen molar-refractivity contribution < 1.29 is 67.3 Å². The first-order valence-electron chi connectivity index (χ1n) is 9.94. The van der Waals surface area contributed by atoms with Gasteiger partial charge in [-0.1, -0.05) is 15.9 Å². The number of hydrogen-bond acceptors (Lipinski definition) is 14. The van der Waals surface area contributed by atoms with Crippen molar-refractivity contribution in [2.75, 3.05) is 11.9 Å². The van der Waals surface area contributed by atoms with Gasteiger partial charge in [0.15, 0.2) is 12.5 Å². The minimum absolute atomic E-state index is 0.0856. The maximum atomic E-state index is 12.2. The molecule has 1 aromatic heterocycles. The number of aromatic amines is 1. The van der Waals surface area contributed by atoms with Crippen molar-refractivity contribution in [2.24, 2.45) is 0 Å². The topological polar surface area (TPSA) is 277 Å². The summed E-state index contributed by atoms with van der Waals surface area (Å²) in [6.07, 6.45) is -14.4. The van der Waals surface area contributed by atoms with Crippen LogP contribution in [0.3, 0.4) is 0 Å². The first kappa shape index (κ1) is 29.7. The number of aliphatic hydroxyl groups excluding tert-OH is 5. The van der Waals surface area contributed by atoms with Crippen LogP contribution < -0.4 is 11.2 Å². The fourth-order valence-electron chi connectivity index (χ4n) is 3.33. The Balaban J connectivity index is 1.61. The van der Waals surface area contributed by atoms with E-state index in [1.54, 1.807) is 0 Å². The molecule has 206 valence electrons. The molecule has 0 aliphatic carbocycles. The zero-order valence-corrected chi connectivity index (χ0v) is 21.2. The van der Waals surface area contributed by atoms with Gasteiger partial charge in [0.05, 0.1) is 12.7 Å². The van der Waals surface area contributed by atoms with Gasteiger partial charge in [-0.15, -0.1) is 0 Å². The van der Waals surface area contributed by atoms with E-state index < -0.39 is 88.7 Å². The van der Waals surface area contributed by atoms with Gasteiger partial charge in [-0.2, -0.15) is 4.31 Å². The van der Waals surface area contributed by atoms with Crippen LogP contribution in [0.4, 0.5) is 0 Å². The third kappa shape index (κ3) is 6.76. The van der Waals surface area contributed by atoms with Crippen LogP contribution in [0.5, 0.6) is 0 Å². The Morgan fingerprint density at radius 1 is 0.944 bits per heavy atom. The fourth-order valence-corrected chi connectivity index (χ4v) is 6.02. The SMILES string of the molecule is O=c1ccn([C@@H]2O[C@H](COP(=O)(O)OP(=O)(O)O[C@H]3O[C@H](CBr)[C@@H](O)[C@H](O)[C@H]3O)[C@@H](O)[C@H]2O)c(=O)[nH]1. The lowest BCUT2D eigenvalue weighted by molar-refractivity contribution is -0.270. The van der Waals surface area contributed by atoms with E-state index in [1.807, 2.05) is 4.98 Å². The van der Waals surface area contributed by atoms with Crippen LogP contribution in [-0.2, 0) is 32.0 Å². The summed E-state index contributed by atoms with van der Waals surface area (Å²) in [4.78, 5) is 44.6. The number of phosphoric acid groups is 2. The molecule has 2 aliphatic heterocycles. The summed E-state index contributed by atoms with van der Waals surface area (Å²) in [7, 11) is -11.0. The number of phosphoric ester groups is 2. The number of H-pyrrole nitrogens is 1. The molecule has 11 atom stereocenters. The number of nitrogens with one attached hydrogen (secondary N) is 1. The molecule has 0 amide bonds. The van der Waals surface area contributed by atoms with Crippen molar-refractivity contribution in [3.05, 3.63) is 33.1 Å². The van der Waals surface area contributed by atoms with Gasteiger partial charge < -0.3 is 44.8 Å². The number of aliphatic hydroxyl groups is 5. The van der Waals surface area contributed by atoms with Crippen LogP contribution in [0.1, 0.15) is 6.23 Å². The van der Waals surface area contributed by atoms with Crippen LogP contribution in [0, 0.1) is 0 Å². The van der Waals surface area contributed by atoms with Crippen LogP contribution in [0.25, 0.3) is 0 Å². The first-order valence-corrected chi connectivity index (χ1v) is 14.1. The highest BCUT2D eigenvalue weighted by atomic mass is 79.9. The molecule has 1 aromatic rings. The Kier molecular flexibility index (Phi) is 9.47. The molecule has 0 bridgehead atoms. The van der Waals surface area contributed by atoms with Crippen LogP contribution in [0.2, 0.25) is 0 Å². The van der Waals surface area contributed by atoms with E-state index in [-0.39, 0.29) is 5.33 Å². The maximum absolute atomic E-state index is 12.2. The molecule has 21 heteroatoms. The van der Waals surface area contributed by atoms with Crippen molar-refractivity contribution in [1.82, 2.24) is 9.55 Å². The molecule has 2 fully saturated rings. The monoisotopic (exact) mass is 628 g/mol. The van der Waals surface area contributed by atoms with Gasteiger partial charge in [0.2, 0.25) is 0 Å². The molecule has 0 spiro atoms. The molecule has 2 aliphatic rings. The Morgan fingerprint density at radius 2 is 1.58 bits per heavy atom. The highest BCUT2D eigenvalue weighted by Gasteiger charge is 2.49. The normalized spacial score (nSPS) is 38.4. The van der Waals surface area contributed by atoms with Crippen molar-refractivity contribution in [3.63, 3.8) is 0 Å². The van der Waals surface area contributed by atoms with E-state index in [4.69, 9.17) is 9.47 Å². The Bertz CT molecular complexity index is 1130. The molecule has 2 unspecified atom stereocenters. The number of rotatable bonds is 9. The third-order valence-corrected chi connectivity index (χ3v) is 8.37. The zero-order valence-electron chi connectivity index (χ0n) is 17.8. The molecule has 36 heavy (non-hydrogen) atoms. The molecular weight excluding hydrogens is 606 g/mol. The molecule has 8 N–H and O–H groups in total. The van der Waals surface area contributed by atoms with Crippen LogP contribution in [0.15, 0.2) is 21.9 Å². The molecule has 3 rings (SSSR count). The number of alkyl halides is 1. The number of nitrogens with zero attached hydrogens (tertiary/aromatic N) is 1. The van der Waals surface area contributed by atoms with Gasteiger partial charge in [0, 0.05) is 17.6 Å². The van der Waals surface area contributed by atoms with Crippen molar-refractivity contribution in [2.45, 2.75) is 55.2 Å². The van der Waals surface area contributed by atoms with Gasteiger partial charge in [0.1, 0.15) is 36.6 Å². The van der Waals surface area contributed by atoms with Crippen LogP contribution in [-0.4, -0.2) is 106 Å². The lowest BCUT2D eigenvalue weighted by Gasteiger charge is -2.39. The highest BCUT2D eigenvalue weighted by molar-refractivity contribution is 9.09. The third-order valence-electron chi connectivity index (χ3n) is 5.13. The Morgan fingerprint density at radius 3 is 2.19 bits per heavy atom. The van der Waals surface area contributed by atoms with Crippen LogP contribution >= 0.6 is 31.6 Å². The molecule has 2 saturated heterocycles. The predicted molar refractivity (Wildman–Crippen MR) is 115 cm³/mol. The second-order valence-corrected chi connectivity index (χ2v) is 11.3. The largest absolute Gasteiger partial charge is 0.483 e. The standard InChI is InChI=1S/C15H23BrN2O16P2/c16-3-5-8(20)10(22)12(24)14(32-5)33-36(28,29)34-35(26,27)30-4-6-9(21)11(23)13(31-6)18-2-1-7(19)17-15(18)25/h1-2,5-6,8-14,20-24H,3-4H2,(H,26,27)(H,28,29)(H,17,19,25)/t5-,6-,8-,9-,10+,11-,12-,13-,14-/m1/s1. The highest BCUT2D eigenvalue weighted by Crippen LogP contribution is 2.61. The molecule has 0 saturated carbocycles. The molecule has 0 aromatic carbocycles. The Hall–Kier alpha value is -0.860. The molecule has 3 heterocycles. The van der Waals surface area contributed by atoms with Gasteiger partial charge in [-0.05, 0) is 0 Å². The Labute approximate surface area is 209 Å². The fraction of sp³-hybridized carbons (Fsp3) is 0.733. The lowest BCUT2D eigenvalue weighted by atomic mass is 10.0. The first-order chi connectivity index (χ1) is 16.7. The van der Waals surface area contributed by atoms with Gasteiger partial charge in [0.25, 0.3) is 5.56 Å². The lowest BCUT2D eigenvalue weighted by Crippen LogP contribution is -2.58. The number of ether oxygens (including phenoxy) is 2. The van der Waals surface area contributed by atoms with Crippen molar-refractivity contribution in [3.8, 4) is 0 Å². The van der Waals surface area contributed by atoms with E-state index in [2.05, 4.69) is 29.3 Å². The summed E-state index contributed by atoms with van der Waals surface area (Å²) < 4.78 is 48.6. The summed E-state index contributed by atoms with van der Waals surface area (Å²) in [5.74, 6) is 0. The quantitative estimate of drug-likeness (QED) is 0.0977. The van der Waals surface area contributed by atoms with E-state index >= 15 is 0 Å². The minimum Gasteiger partial charge on any atom is -0.388 e. The van der Waals surface area contributed by atoms with E-state index in [0.717, 1.165) is 16.8 Å². The zero-order chi connectivity index (χ0) is 27.0. The average Bonchev–Trinajstić information content (AvgIpc) is 3.06. The maximum Gasteiger partial charge on any atom is 0.483 e. The summed E-state index contributed by atoms with van der Waals surface area (Å²) in [5.41, 5.74) is -1.72. The van der Waals surface area contributed by atoms with E-state index in [9.17, 15) is 54.0 Å². The summed E-state index contributed by atoms with van der Waals surface area (Å²) in [6, 6.07) is 0.939. The molecule has 18 nitrogen and oxygen atoms in total. The van der Waals surface area contributed by atoms with Crippen molar-refractivity contribution in [1.29, 1.82) is 0 Å². The van der Waals surface area contributed by atoms with Gasteiger partial charge >= 0.3 is 21.3 Å².